The van der Waals surface area contributed by atoms with Gasteiger partial charge in [0, 0.05) is 35.2 Å². The Hall–Kier alpha value is -4.34. The van der Waals surface area contributed by atoms with Gasteiger partial charge in [-0.3, -0.25) is 10.1 Å². The summed E-state index contributed by atoms with van der Waals surface area (Å²) in [5.41, 5.74) is 2.05. The van der Waals surface area contributed by atoms with Crippen molar-refractivity contribution in [1.82, 2.24) is 5.32 Å². The van der Waals surface area contributed by atoms with E-state index < -0.39 is 22.8 Å². The molecule has 0 bridgehead atoms. The number of ether oxygens (including phenoxy) is 4. The summed E-state index contributed by atoms with van der Waals surface area (Å²) in [6.45, 7) is 3.23. The maximum atomic E-state index is 13.4. The Labute approximate surface area is 202 Å². The van der Waals surface area contributed by atoms with E-state index in [1.165, 1.54) is 39.5 Å². The van der Waals surface area contributed by atoms with Gasteiger partial charge < -0.3 is 24.3 Å². The van der Waals surface area contributed by atoms with Crippen molar-refractivity contribution in [2.45, 2.75) is 26.4 Å². The van der Waals surface area contributed by atoms with Gasteiger partial charge in [0.25, 0.3) is 5.69 Å². The molecular formula is C25H26N2O8. The largest absolute Gasteiger partial charge is 0.497 e. The minimum Gasteiger partial charge on any atom is -0.497 e. The molecule has 1 heterocycles. The molecule has 2 aromatic carbocycles. The summed E-state index contributed by atoms with van der Waals surface area (Å²) >= 11 is 0. The smallest absolute Gasteiger partial charge is 0.337 e. The van der Waals surface area contributed by atoms with E-state index in [-0.39, 0.29) is 23.4 Å². The number of hydrogen-bond acceptors (Lipinski definition) is 9. The summed E-state index contributed by atoms with van der Waals surface area (Å²) in [6.07, 6.45) is 0. The fraction of sp³-hybridized carbons (Fsp3) is 0.280. The zero-order valence-electron chi connectivity index (χ0n) is 20.0. The third kappa shape index (κ3) is 5.26. The lowest BCUT2D eigenvalue weighted by Gasteiger charge is -2.30. The summed E-state index contributed by atoms with van der Waals surface area (Å²) in [5.74, 6) is -1.24. The molecule has 1 aliphatic rings. The van der Waals surface area contributed by atoms with E-state index in [0.717, 1.165) is 0 Å². The highest BCUT2D eigenvalue weighted by Gasteiger charge is 2.38. The second-order valence-electron chi connectivity index (χ2n) is 7.73. The number of nitrogens with zero attached hydrogens (tertiary/aromatic N) is 1. The van der Waals surface area contributed by atoms with Crippen molar-refractivity contribution in [3.05, 3.63) is 86.2 Å². The Kier molecular flexibility index (Phi) is 7.75. The zero-order chi connectivity index (χ0) is 25.7. The monoisotopic (exact) mass is 482 g/mol. The molecule has 0 saturated carbocycles. The number of nitro groups is 1. The van der Waals surface area contributed by atoms with Crippen LogP contribution in [0.5, 0.6) is 11.5 Å². The van der Waals surface area contributed by atoms with E-state index >= 15 is 0 Å². The van der Waals surface area contributed by atoms with Crippen molar-refractivity contribution in [2.75, 3.05) is 21.3 Å². The Morgan fingerprint density at radius 3 is 2.26 bits per heavy atom. The first kappa shape index (κ1) is 25.3. The number of methoxy groups -OCH3 is 3. The summed E-state index contributed by atoms with van der Waals surface area (Å²) in [6, 6.07) is 10.9. The second kappa shape index (κ2) is 10.7. The number of esters is 2. The Morgan fingerprint density at radius 1 is 0.971 bits per heavy atom. The second-order valence-corrected chi connectivity index (χ2v) is 7.73. The van der Waals surface area contributed by atoms with Gasteiger partial charge >= 0.3 is 11.9 Å². The van der Waals surface area contributed by atoms with Crippen LogP contribution in [0.15, 0.2) is 65.0 Å². The molecule has 1 N–H and O–H groups in total. The minimum atomic E-state index is -0.936. The molecule has 0 unspecified atom stereocenters. The van der Waals surface area contributed by atoms with Gasteiger partial charge in [0.2, 0.25) is 0 Å². The van der Waals surface area contributed by atoms with Crippen LogP contribution in [0.4, 0.5) is 5.69 Å². The van der Waals surface area contributed by atoms with Gasteiger partial charge in [0.15, 0.2) is 0 Å². The lowest BCUT2D eigenvalue weighted by atomic mass is 9.80. The first-order valence-electron chi connectivity index (χ1n) is 10.6. The molecule has 0 fully saturated rings. The fourth-order valence-corrected chi connectivity index (χ4v) is 3.99. The molecular weight excluding hydrogens is 456 g/mol. The van der Waals surface area contributed by atoms with Crippen molar-refractivity contribution in [1.29, 1.82) is 0 Å². The van der Waals surface area contributed by atoms with Crippen LogP contribution in [-0.2, 0) is 25.7 Å². The Morgan fingerprint density at radius 2 is 1.66 bits per heavy atom. The van der Waals surface area contributed by atoms with Gasteiger partial charge in [-0.15, -0.1) is 0 Å². The molecule has 0 radical (unpaired) electrons. The lowest BCUT2D eigenvalue weighted by molar-refractivity contribution is -0.384. The Bertz CT molecular complexity index is 1230. The van der Waals surface area contributed by atoms with Crippen LogP contribution in [-0.4, -0.2) is 38.2 Å². The van der Waals surface area contributed by atoms with E-state index in [1.54, 1.807) is 38.1 Å². The van der Waals surface area contributed by atoms with Crippen molar-refractivity contribution < 1.29 is 33.5 Å². The normalized spacial score (nSPS) is 15.3. The number of rotatable bonds is 8. The molecule has 0 spiro atoms. The number of carbonyl (C=O) groups is 2. The molecule has 1 aliphatic heterocycles. The average Bonchev–Trinajstić information content (AvgIpc) is 2.86. The molecule has 10 nitrogen and oxygen atoms in total. The molecule has 1 atom stereocenters. The van der Waals surface area contributed by atoms with Gasteiger partial charge in [-0.2, -0.15) is 0 Å². The maximum Gasteiger partial charge on any atom is 0.337 e. The first-order valence-corrected chi connectivity index (χ1v) is 10.6. The topological polar surface area (TPSA) is 126 Å². The molecule has 3 rings (SSSR count). The number of allylic oxidation sites excluding steroid dienone is 2. The summed E-state index contributed by atoms with van der Waals surface area (Å²) < 4.78 is 21.1. The van der Waals surface area contributed by atoms with E-state index in [2.05, 4.69) is 5.32 Å². The van der Waals surface area contributed by atoms with Crippen LogP contribution in [0.3, 0.4) is 0 Å². The molecule has 35 heavy (non-hydrogen) atoms. The number of benzene rings is 2. The van der Waals surface area contributed by atoms with Gasteiger partial charge in [0.1, 0.15) is 18.1 Å². The third-order valence-corrected chi connectivity index (χ3v) is 5.65. The van der Waals surface area contributed by atoms with Gasteiger partial charge in [-0.25, -0.2) is 9.59 Å². The highest BCUT2D eigenvalue weighted by molar-refractivity contribution is 5.99. The van der Waals surface area contributed by atoms with E-state index in [4.69, 9.17) is 18.9 Å². The SMILES string of the molecule is COC(=O)C1=C(C)NC(C)=C(C(=O)OCc2ccc(OC)cc2OC)[C@@H]1c1cccc([N+](=O)[O-])c1. The zero-order valence-corrected chi connectivity index (χ0v) is 20.0. The molecule has 184 valence electrons. The van der Waals surface area contributed by atoms with Crippen LogP contribution in [0.2, 0.25) is 0 Å². The summed E-state index contributed by atoms with van der Waals surface area (Å²) in [5, 5.41) is 14.4. The van der Waals surface area contributed by atoms with Crippen molar-refractivity contribution >= 4 is 17.6 Å². The van der Waals surface area contributed by atoms with Gasteiger partial charge in [-0.05, 0) is 31.5 Å². The molecule has 0 aliphatic carbocycles. The van der Waals surface area contributed by atoms with Crippen LogP contribution in [0.1, 0.15) is 30.9 Å². The van der Waals surface area contributed by atoms with Crippen molar-refractivity contribution in [2.24, 2.45) is 0 Å². The number of carbonyl (C=O) groups excluding carboxylic acids is 2. The molecule has 2 aromatic rings. The maximum absolute atomic E-state index is 13.4. The average molecular weight is 482 g/mol. The number of non-ortho nitro benzene ring substituents is 1. The van der Waals surface area contributed by atoms with Gasteiger partial charge in [0.05, 0.1) is 43.3 Å². The predicted molar refractivity (Wildman–Crippen MR) is 126 cm³/mol. The summed E-state index contributed by atoms with van der Waals surface area (Å²) in [4.78, 5) is 36.9. The highest BCUT2D eigenvalue weighted by atomic mass is 16.6. The van der Waals surface area contributed by atoms with Crippen LogP contribution in [0, 0.1) is 10.1 Å². The van der Waals surface area contributed by atoms with Crippen molar-refractivity contribution in [3.63, 3.8) is 0 Å². The number of hydrogen-bond donors (Lipinski definition) is 1. The van der Waals surface area contributed by atoms with E-state index in [0.29, 0.717) is 34.0 Å². The molecule has 0 aromatic heterocycles. The minimum absolute atomic E-state index is 0.110. The molecule has 0 saturated heterocycles. The quantitative estimate of drug-likeness (QED) is 0.340. The summed E-state index contributed by atoms with van der Waals surface area (Å²) in [7, 11) is 4.25. The van der Waals surface area contributed by atoms with Gasteiger partial charge in [-0.1, -0.05) is 12.1 Å². The predicted octanol–water partition coefficient (Wildman–Crippen LogP) is 3.76. The van der Waals surface area contributed by atoms with Crippen LogP contribution in [0.25, 0.3) is 0 Å². The number of nitro benzene ring substituents is 1. The standard InChI is InChI=1S/C25H26N2O8/c1-14-21(24(28)34-5)23(16-7-6-8-18(11-16)27(30)31)22(15(2)26-14)25(29)35-13-17-9-10-19(32-3)12-20(17)33-4/h6-12,23,26H,13H2,1-5H3/t23-/m1/s1. The fourth-order valence-electron chi connectivity index (χ4n) is 3.99. The molecule has 0 amide bonds. The third-order valence-electron chi connectivity index (χ3n) is 5.65. The van der Waals surface area contributed by atoms with Crippen molar-refractivity contribution in [3.8, 4) is 11.5 Å². The van der Waals surface area contributed by atoms with Crippen LogP contribution >= 0.6 is 0 Å². The van der Waals surface area contributed by atoms with E-state index in [1.807, 2.05) is 0 Å². The van der Waals surface area contributed by atoms with Crippen LogP contribution < -0.4 is 14.8 Å². The van der Waals surface area contributed by atoms with E-state index in [9.17, 15) is 19.7 Å². The first-order chi connectivity index (χ1) is 16.7. The number of dihydropyridines is 1. The Balaban J connectivity index is 2.02. The number of nitrogens with one attached hydrogen (secondary N) is 1. The lowest BCUT2D eigenvalue weighted by Crippen LogP contribution is -2.32. The molecule has 10 heteroatoms. The highest BCUT2D eigenvalue weighted by Crippen LogP contribution is 2.40.